The van der Waals surface area contributed by atoms with Crippen molar-refractivity contribution in [3.63, 3.8) is 0 Å². The van der Waals surface area contributed by atoms with Gasteiger partial charge in [0.1, 0.15) is 0 Å². The van der Waals surface area contributed by atoms with Gasteiger partial charge in [0.2, 0.25) is 0 Å². The van der Waals surface area contributed by atoms with E-state index in [1.807, 2.05) is 12.1 Å². The average Bonchev–Trinajstić information content (AvgIpc) is 2.28. The highest BCUT2D eigenvalue weighted by atomic mass is 79.9. The topological polar surface area (TPSA) is 29.3 Å². The summed E-state index contributed by atoms with van der Waals surface area (Å²) in [5.74, 6) is 0.598. The van der Waals surface area contributed by atoms with E-state index in [2.05, 4.69) is 40.7 Å². The molecule has 2 N–H and O–H groups in total. The van der Waals surface area contributed by atoms with Crippen molar-refractivity contribution in [1.29, 1.82) is 0 Å². The summed E-state index contributed by atoms with van der Waals surface area (Å²) in [6.07, 6.45) is 0.746. The fourth-order valence-electron chi connectivity index (χ4n) is 1.91. The first-order valence-electron chi connectivity index (χ1n) is 6.33. The lowest BCUT2D eigenvalue weighted by Crippen LogP contribution is -2.30. The highest BCUT2D eigenvalue weighted by molar-refractivity contribution is 9.10. The Morgan fingerprint density at radius 2 is 2.16 bits per heavy atom. The van der Waals surface area contributed by atoms with Gasteiger partial charge in [0.25, 0.3) is 0 Å². The number of thiocarbonyl (C=S) groups is 1. The smallest absolute Gasteiger partial charge is 0.0740 e. The van der Waals surface area contributed by atoms with Gasteiger partial charge in [-0.05, 0) is 23.6 Å². The number of nitrogens with zero attached hydrogens (tertiary/aromatic N) is 1. The van der Waals surface area contributed by atoms with Crippen LogP contribution in [0.1, 0.15) is 25.8 Å². The van der Waals surface area contributed by atoms with Gasteiger partial charge in [-0.3, -0.25) is 4.90 Å². The van der Waals surface area contributed by atoms with Gasteiger partial charge in [0, 0.05) is 35.6 Å². The Morgan fingerprint density at radius 1 is 1.47 bits per heavy atom. The normalized spacial score (nSPS) is 11.3. The molecular formula is C14H20BrClN2S. The number of benzene rings is 1. The fraction of sp³-hybridized carbons (Fsp3) is 0.500. The maximum Gasteiger partial charge on any atom is 0.0740 e. The molecule has 1 aromatic carbocycles. The molecule has 0 aliphatic rings. The third kappa shape index (κ3) is 6.70. The minimum absolute atomic E-state index is 0.565. The Kier molecular flexibility index (Phi) is 7.29. The van der Waals surface area contributed by atoms with Gasteiger partial charge >= 0.3 is 0 Å². The van der Waals surface area contributed by atoms with Crippen molar-refractivity contribution in [1.82, 2.24) is 4.90 Å². The molecule has 1 rings (SSSR count). The molecule has 0 heterocycles. The molecule has 0 spiro atoms. The second-order valence-corrected chi connectivity index (χ2v) is 6.93. The van der Waals surface area contributed by atoms with Crippen LogP contribution in [0.3, 0.4) is 0 Å². The summed E-state index contributed by atoms with van der Waals surface area (Å²) in [7, 11) is 0. The highest BCUT2D eigenvalue weighted by Crippen LogP contribution is 2.23. The summed E-state index contributed by atoms with van der Waals surface area (Å²) in [6.45, 7) is 7.12. The van der Waals surface area contributed by atoms with E-state index >= 15 is 0 Å². The molecule has 1 aromatic rings. The molecule has 106 valence electrons. The van der Waals surface area contributed by atoms with E-state index in [9.17, 15) is 0 Å². The van der Waals surface area contributed by atoms with Crippen molar-refractivity contribution in [3.8, 4) is 0 Å². The number of nitrogens with two attached hydrogens (primary N) is 1. The van der Waals surface area contributed by atoms with Crippen LogP contribution < -0.4 is 5.73 Å². The van der Waals surface area contributed by atoms with Crippen LogP contribution in [0.2, 0.25) is 5.02 Å². The van der Waals surface area contributed by atoms with E-state index in [0.717, 1.165) is 41.1 Å². The van der Waals surface area contributed by atoms with E-state index in [-0.39, 0.29) is 0 Å². The molecule has 0 amide bonds. The van der Waals surface area contributed by atoms with Crippen molar-refractivity contribution in [2.75, 3.05) is 13.1 Å². The molecule has 0 aromatic heterocycles. The van der Waals surface area contributed by atoms with Crippen molar-refractivity contribution in [2.24, 2.45) is 11.7 Å². The summed E-state index contributed by atoms with van der Waals surface area (Å²) < 4.78 is 1.000. The summed E-state index contributed by atoms with van der Waals surface area (Å²) in [6, 6.07) is 6.00. The Hall–Kier alpha value is -0.160. The van der Waals surface area contributed by atoms with Gasteiger partial charge in [0.05, 0.1) is 4.99 Å². The zero-order valence-electron chi connectivity index (χ0n) is 11.3. The molecule has 5 heteroatoms. The number of halogens is 2. The van der Waals surface area contributed by atoms with Gasteiger partial charge in [-0.15, -0.1) is 0 Å². The fourth-order valence-corrected chi connectivity index (χ4v) is 2.73. The molecule has 0 saturated carbocycles. The first-order valence-corrected chi connectivity index (χ1v) is 7.91. The molecule has 0 bridgehead atoms. The molecule has 0 atom stereocenters. The molecule has 0 fully saturated rings. The predicted octanol–water partition coefficient (Wildman–Crippen LogP) is 4.24. The monoisotopic (exact) mass is 362 g/mol. The standard InChI is InChI=1S/C14H20BrClN2S/c1-10(2)8-18(6-5-14(17)19)9-11-3-4-12(15)7-13(11)16/h3-4,7,10H,5-6,8-9H2,1-2H3,(H2,17,19). The zero-order chi connectivity index (χ0) is 14.4. The lowest BCUT2D eigenvalue weighted by Gasteiger charge is -2.24. The van der Waals surface area contributed by atoms with E-state index in [0.29, 0.717) is 10.9 Å². The third-order valence-corrected chi connectivity index (χ3v) is 3.76. The molecule has 19 heavy (non-hydrogen) atoms. The zero-order valence-corrected chi connectivity index (χ0v) is 14.5. The van der Waals surface area contributed by atoms with Crippen LogP contribution >= 0.6 is 39.7 Å². The lowest BCUT2D eigenvalue weighted by molar-refractivity contribution is 0.243. The first-order chi connectivity index (χ1) is 8.88. The Labute approximate surface area is 134 Å². The molecule has 0 aliphatic carbocycles. The third-order valence-electron chi connectivity index (χ3n) is 2.71. The van der Waals surface area contributed by atoms with Gasteiger partial charge in [-0.1, -0.05) is 59.7 Å². The Morgan fingerprint density at radius 3 is 2.68 bits per heavy atom. The first kappa shape index (κ1) is 16.9. The van der Waals surface area contributed by atoms with Crippen molar-refractivity contribution < 1.29 is 0 Å². The largest absolute Gasteiger partial charge is 0.393 e. The van der Waals surface area contributed by atoms with Gasteiger partial charge < -0.3 is 5.73 Å². The minimum atomic E-state index is 0.565. The van der Waals surface area contributed by atoms with Crippen LogP contribution in [0, 0.1) is 5.92 Å². The molecule has 0 radical (unpaired) electrons. The van der Waals surface area contributed by atoms with E-state index in [1.54, 1.807) is 0 Å². The maximum absolute atomic E-state index is 6.27. The van der Waals surface area contributed by atoms with E-state index < -0.39 is 0 Å². The summed E-state index contributed by atoms with van der Waals surface area (Å²) >= 11 is 14.6. The minimum Gasteiger partial charge on any atom is -0.393 e. The van der Waals surface area contributed by atoms with Crippen LogP contribution in [-0.2, 0) is 6.54 Å². The Balaban J connectivity index is 2.72. The SMILES string of the molecule is CC(C)CN(CCC(N)=S)Cc1ccc(Br)cc1Cl. The average molecular weight is 364 g/mol. The van der Waals surface area contributed by atoms with E-state index in [1.165, 1.54) is 0 Å². The van der Waals surface area contributed by atoms with Gasteiger partial charge in [0.15, 0.2) is 0 Å². The van der Waals surface area contributed by atoms with Crippen LogP contribution in [0.4, 0.5) is 0 Å². The van der Waals surface area contributed by atoms with Gasteiger partial charge in [-0.2, -0.15) is 0 Å². The van der Waals surface area contributed by atoms with Crippen LogP contribution in [0.15, 0.2) is 22.7 Å². The second kappa shape index (κ2) is 8.20. The van der Waals surface area contributed by atoms with Crippen LogP contribution in [0.25, 0.3) is 0 Å². The highest BCUT2D eigenvalue weighted by Gasteiger charge is 2.11. The molecule has 0 saturated heterocycles. The van der Waals surface area contributed by atoms with Crippen LogP contribution in [0.5, 0.6) is 0 Å². The van der Waals surface area contributed by atoms with E-state index in [4.69, 9.17) is 29.6 Å². The quantitative estimate of drug-likeness (QED) is 0.735. The summed E-state index contributed by atoms with van der Waals surface area (Å²) in [4.78, 5) is 2.91. The number of hydrogen-bond donors (Lipinski definition) is 1. The lowest BCUT2D eigenvalue weighted by atomic mass is 10.1. The summed E-state index contributed by atoms with van der Waals surface area (Å²) in [5.41, 5.74) is 6.72. The molecule has 0 aliphatic heterocycles. The van der Waals surface area contributed by atoms with Crippen molar-refractivity contribution >= 4 is 44.7 Å². The summed E-state index contributed by atoms with van der Waals surface area (Å²) in [5, 5.41) is 0.790. The maximum atomic E-state index is 6.27. The van der Waals surface area contributed by atoms with Crippen molar-refractivity contribution in [2.45, 2.75) is 26.8 Å². The Bertz CT molecular complexity index is 437. The predicted molar refractivity (Wildman–Crippen MR) is 90.7 cm³/mol. The number of rotatable bonds is 7. The molecule has 0 unspecified atom stereocenters. The molecule has 2 nitrogen and oxygen atoms in total. The van der Waals surface area contributed by atoms with Crippen LogP contribution in [-0.4, -0.2) is 23.0 Å². The van der Waals surface area contributed by atoms with Gasteiger partial charge in [-0.25, -0.2) is 0 Å². The number of hydrogen-bond acceptors (Lipinski definition) is 2. The molecular weight excluding hydrogens is 344 g/mol. The van der Waals surface area contributed by atoms with Crippen molar-refractivity contribution in [3.05, 3.63) is 33.3 Å². The second-order valence-electron chi connectivity index (χ2n) is 5.08.